The van der Waals surface area contributed by atoms with Crippen LogP contribution in [0.4, 0.5) is 0 Å². The molecule has 0 saturated carbocycles. The lowest BCUT2D eigenvalue weighted by molar-refractivity contribution is -0.122. The topological polar surface area (TPSA) is 55.1 Å². The Hall–Kier alpha value is -1.35. The molecule has 0 aromatic heterocycles. The molecule has 88 valence electrons. The van der Waals surface area contributed by atoms with Crippen LogP contribution in [0.3, 0.4) is 0 Å². The molecule has 0 aliphatic heterocycles. The monoisotopic (exact) mass is 220 g/mol. The summed E-state index contributed by atoms with van der Waals surface area (Å²) in [6.45, 7) is 6.48. The van der Waals surface area contributed by atoms with Gasteiger partial charge in [0, 0.05) is 12.0 Å². The maximum absolute atomic E-state index is 11.4. The lowest BCUT2D eigenvalue weighted by Crippen LogP contribution is -2.43. The van der Waals surface area contributed by atoms with E-state index in [1.54, 1.807) is 6.92 Å². The van der Waals surface area contributed by atoms with Crippen LogP contribution in [0.2, 0.25) is 0 Å². The summed E-state index contributed by atoms with van der Waals surface area (Å²) in [5.41, 5.74) is 6.62. The Morgan fingerprint density at radius 3 is 2.44 bits per heavy atom. The summed E-state index contributed by atoms with van der Waals surface area (Å²) in [6.07, 6.45) is 0. The minimum Gasteiger partial charge on any atom is -0.354 e. The van der Waals surface area contributed by atoms with Gasteiger partial charge in [-0.15, -0.1) is 0 Å². The highest BCUT2D eigenvalue weighted by atomic mass is 16.2. The molecule has 1 rings (SSSR count). The quantitative estimate of drug-likeness (QED) is 0.806. The number of carbonyl (C=O) groups is 1. The van der Waals surface area contributed by atoms with Crippen molar-refractivity contribution in [1.29, 1.82) is 0 Å². The van der Waals surface area contributed by atoms with Crippen molar-refractivity contribution in [3.63, 3.8) is 0 Å². The summed E-state index contributed by atoms with van der Waals surface area (Å²) in [5.74, 6) is -0.107. The minimum atomic E-state index is -0.452. The average molecular weight is 220 g/mol. The first-order chi connectivity index (χ1) is 7.43. The molecular formula is C13H20N2O. The first kappa shape index (κ1) is 12.7. The van der Waals surface area contributed by atoms with Gasteiger partial charge in [0.15, 0.2) is 0 Å². The molecule has 16 heavy (non-hydrogen) atoms. The van der Waals surface area contributed by atoms with E-state index in [0.717, 1.165) is 0 Å². The predicted molar refractivity (Wildman–Crippen MR) is 66.1 cm³/mol. The molecule has 0 aliphatic carbocycles. The number of rotatable bonds is 4. The molecule has 3 heteroatoms. The Kier molecular flexibility index (Phi) is 4.07. The van der Waals surface area contributed by atoms with E-state index >= 15 is 0 Å². The van der Waals surface area contributed by atoms with Crippen LogP contribution in [0.15, 0.2) is 30.3 Å². The normalized spacial score (nSPS) is 13.2. The van der Waals surface area contributed by atoms with E-state index in [1.165, 1.54) is 5.56 Å². The van der Waals surface area contributed by atoms with Crippen molar-refractivity contribution < 1.29 is 4.79 Å². The Morgan fingerprint density at radius 2 is 1.94 bits per heavy atom. The van der Waals surface area contributed by atoms with Gasteiger partial charge in [-0.3, -0.25) is 4.79 Å². The second-order valence-corrected chi connectivity index (χ2v) is 4.76. The first-order valence-electron chi connectivity index (χ1n) is 5.52. The fourth-order valence-electron chi connectivity index (χ4n) is 1.46. The maximum Gasteiger partial charge on any atom is 0.236 e. The van der Waals surface area contributed by atoms with Crippen molar-refractivity contribution in [2.45, 2.75) is 32.2 Å². The van der Waals surface area contributed by atoms with E-state index in [2.05, 4.69) is 31.3 Å². The van der Waals surface area contributed by atoms with Crippen LogP contribution < -0.4 is 11.1 Å². The SMILES string of the molecule is C[C@H](N)C(=O)NCC(C)(C)c1ccccc1. The maximum atomic E-state index is 11.4. The van der Waals surface area contributed by atoms with Crippen LogP contribution in [0.1, 0.15) is 26.3 Å². The molecule has 1 amide bonds. The van der Waals surface area contributed by atoms with Gasteiger partial charge in [0.25, 0.3) is 0 Å². The number of nitrogens with two attached hydrogens (primary N) is 1. The van der Waals surface area contributed by atoms with E-state index in [-0.39, 0.29) is 11.3 Å². The van der Waals surface area contributed by atoms with Gasteiger partial charge in [0.05, 0.1) is 6.04 Å². The molecule has 0 radical (unpaired) electrons. The van der Waals surface area contributed by atoms with Crippen molar-refractivity contribution >= 4 is 5.91 Å². The van der Waals surface area contributed by atoms with Gasteiger partial charge < -0.3 is 11.1 Å². The highest BCUT2D eigenvalue weighted by Gasteiger charge is 2.21. The number of hydrogen-bond donors (Lipinski definition) is 2. The highest BCUT2D eigenvalue weighted by molar-refractivity contribution is 5.81. The molecule has 0 aliphatic rings. The zero-order valence-electron chi connectivity index (χ0n) is 10.2. The fourth-order valence-corrected chi connectivity index (χ4v) is 1.46. The second-order valence-electron chi connectivity index (χ2n) is 4.76. The number of nitrogens with one attached hydrogen (secondary N) is 1. The van der Waals surface area contributed by atoms with Gasteiger partial charge in [0.1, 0.15) is 0 Å². The first-order valence-corrected chi connectivity index (χ1v) is 5.52. The molecule has 0 saturated heterocycles. The Labute approximate surface area is 97.0 Å². The van der Waals surface area contributed by atoms with Gasteiger partial charge in [-0.25, -0.2) is 0 Å². The van der Waals surface area contributed by atoms with Crippen LogP contribution in [0.5, 0.6) is 0 Å². The third-order valence-electron chi connectivity index (χ3n) is 2.67. The molecule has 0 bridgehead atoms. The smallest absolute Gasteiger partial charge is 0.236 e. The van der Waals surface area contributed by atoms with Crippen molar-refractivity contribution in [3.8, 4) is 0 Å². The largest absolute Gasteiger partial charge is 0.354 e. The van der Waals surface area contributed by atoms with E-state index in [9.17, 15) is 4.79 Å². The molecule has 1 aromatic carbocycles. The summed E-state index contributed by atoms with van der Waals surface area (Å²) < 4.78 is 0. The molecule has 0 heterocycles. The molecule has 3 N–H and O–H groups in total. The van der Waals surface area contributed by atoms with Gasteiger partial charge in [-0.05, 0) is 12.5 Å². The molecule has 0 unspecified atom stereocenters. The van der Waals surface area contributed by atoms with Crippen LogP contribution >= 0.6 is 0 Å². The Balaban J connectivity index is 2.63. The van der Waals surface area contributed by atoms with Crippen molar-refractivity contribution in [1.82, 2.24) is 5.32 Å². The highest BCUT2D eigenvalue weighted by Crippen LogP contribution is 2.21. The third kappa shape index (κ3) is 3.35. The molecule has 3 nitrogen and oxygen atoms in total. The standard InChI is InChI=1S/C13H20N2O/c1-10(14)12(16)15-9-13(2,3)11-7-5-4-6-8-11/h4-8,10H,9,14H2,1-3H3,(H,15,16)/t10-/m0/s1. The molecule has 1 aromatic rings. The minimum absolute atomic E-state index is 0.0776. The van der Waals surface area contributed by atoms with E-state index < -0.39 is 6.04 Å². The molecule has 0 spiro atoms. The van der Waals surface area contributed by atoms with Crippen molar-refractivity contribution in [2.24, 2.45) is 5.73 Å². The number of amides is 1. The zero-order valence-corrected chi connectivity index (χ0v) is 10.2. The summed E-state index contributed by atoms with van der Waals surface area (Å²) in [7, 11) is 0. The van der Waals surface area contributed by atoms with Crippen LogP contribution in [0, 0.1) is 0 Å². The number of carbonyl (C=O) groups excluding carboxylic acids is 1. The van der Waals surface area contributed by atoms with Crippen molar-refractivity contribution in [3.05, 3.63) is 35.9 Å². The van der Waals surface area contributed by atoms with Crippen LogP contribution in [-0.2, 0) is 10.2 Å². The van der Waals surface area contributed by atoms with Gasteiger partial charge in [0.2, 0.25) is 5.91 Å². The van der Waals surface area contributed by atoms with E-state index in [1.807, 2.05) is 18.2 Å². The second kappa shape index (κ2) is 5.12. The third-order valence-corrected chi connectivity index (χ3v) is 2.67. The van der Waals surface area contributed by atoms with Crippen molar-refractivity contribution in [2.75, 3.05) is 6.54 Å². The summed E-state index contributed by atoms with van der Waals surface area (Å²) in [5, 5.41) is 2.86. The van der Waals surface area contributed by atoms with Gasteiger partial charge in [-0.2, -0.15) is 0 Å². The van der Waals surface area contributed by atoms with E-state index in [4.69, 9.17) is 5.73 Å². The fraction of sp³-hybridized carbons (Fsp3) is 0.462. The average Bonchev–Trinajstić information content (AvgIpc) is 2.27. The summed E-state index contributed by atoms with van der Waals surface area (Å²) >= 11 is 0. The predicted octanol–water partition coefficient (Wildman–Crippen LogP) is 1.43. The Bertz CT molecular complexity index is 344. The lowest BCUT2D eigenvalue weighted by Gasteiger charge is -2.26. The van der Waals surface area contributed by atoms with Crippen LogP contribution in [-0.4, -0.2) is 18.5 Å². The summed E-state index contributed by atoms with van der Waals surface area (Å²) in [6, 6.07) is 9.68. The number of hydrogen-bond acceptors (Lipinski definition) is 2. The van der Waals surface area contributed by atoms with Crippen LogP contribution in [0.25, 0.3) is 0 Å². The Morgan fingerprint density at radius 1 is 1.38 bits per heavy atom. The lowest BCUT2D eigenvalue weighted by atomic mass is 9.84. The zero-order chi connectivity index (χ0) is 12.2. The van der Waals surface area contributed by atoms with Gasteiger partial charge in [-0.1, -0.05) is 44.2 Å². The molecular weight excluding hydrogens is 200 g/mol. The van der Waals surface area contributed by atoms with Gasteiger partial charge >= 0.3 is 0 Å². The van der Waals surface area contributed by atoms with E-state index in [0.29, 0.717) is 6.54 Å². The summed E-state index contributed by atoms with van der Waals surface area (Å²) in [4.78, 5) is 11.4. The molecule has 1 atom stereocenters. The number of benzene rings is 1. The molecule has 0 fully saturated rings.